The summed E-state index contributed by atoms with van der Waals surface area (Å²) in [6.07, 6.45) is 4.61. The third-order valence-corrected chi connectivity index (χ3v) is 5.67. The van der Waals surface area contributed by atoms with Crippen molar-refractivity contribution in [2.75, 3.05) is 19.0 Å². The number of hydrogen-bond acceptors (Lipinski definition) is 4. The zero-order chi connectivity index (χ0) is 16.1. The summed E-state index contributed by atoms with van der Waals surface area (Å²) < 4.78 is 0.838. The van der Waals surface area contributed by atoms with Gasteiger partial charge in [-0.2, -0.15) is 5.26 Å². The second-order valence-electron chi connectivity index (χ2n) is 6.24. The number of benzene rings is 1. The molecule has 4 atom stereocenters. The van der Waals surface area contributed by atoms with Gasteiger partial charge in [0.05, 0.1) is 12.0 Å². The number of carbonyl (C=O) groups is 1. The van der Waals surface area contributed by atoms with Crippen molar-refractivity contribution in [1.82, 2.24) is 0 Å². The molecular formula is C17H16BrN2O2-. The Bertz CT molecular complexity index is 707. The number of aliphatic carboxylic acids is 1. The maximum Gasteiger partial charge on any atom is 0.110 e. The number of halogens is 1. The number of carboxylic acids is 1. The third kappa shape index (κ3) is 1.90. The van der Waals surface area contributed by atoms with Crippen molar-refractivity contribution < 1.29 is 9.90 Å². The minimum atomic E-state index is -1.47. The van der Waals surface area contributed by atoms with Crippen LogP contribution >= 0.6 is 15.9 Å². The molecule has 2 bridgehead atoms. The summed E-state index contributed by atoms with van der Waals surface area (Å²) in [4.78, 5) is 13.8. The number of carboxylic acid groups (broad SMARTS) is 1. The Balaban J connectivity index is 2.13. The van der Waals surface area contributed by atoms with Gasteiger partial charge in [0, 0.05) is 36.1 Å². The largest absolute Gasteiger partial charge is 0.548 e. The first-order chi connectivity index (χ1) is 10.4. The zero-order valence-corrected chi connectivity index (χ0v) is 14.0. The van der Waals surface area contributed by atoms with E-state index in [1.807, 2.05) is 49.3 Å². The summed E-state index contributed by atoms with van der Waals surface area (Å²) in [7, 11) is 3.89. The Kier molecular flexibility index (Phi) is 3.53. The highest BCUT2D eigenvalue weighted by molar-refractivity contribution is 9.10. The van der Waals surface area contributed by atoms with Gasteiger partial charge in [0.1, 0.15) is 5.41 Å². The lowest BCUT2D eigenvalue weighted by molar-refractivity contribution is -0.318. The normalized spacial score (nSPS) is 32.0. The van der Waals surface area contributed by atoms with E-state index in [-0.39, 0.29) is 17.8 Å². The van der Waals surface area contributed by atoms with Crippen molar-refractivity contribution >= 4 is 27.6 Å². The van der Waals surface area contributed by atoms with Crippen molar-refractivity contribution in [2.45, 2.75) is 12.3 Å². The van der Waals surface area contributed by atoms with Crippen molar-refractivity contribution in [3.05, 3.63) is 40.4 Å². The number of rotatable bonds is 3. The van der Waals surface area contributed by atoms with Crippen LogP contribution in [0.1, 0.15) is 17.9 Å². The smallest absolute Gasteiger partial charge is 0.110 e. The van der Waals surface area contributed by atoms with Crippen LogP contribution in [0.3, 0.4) is 0 Å². The van der Waals surface area contributed by atoms with Crippen molar-refractivity contribution in [2.24, 2.45) is 17.3 Å². The number of nitriles is 1. The van der Waals surface area contributed by atoms with Crippen LogP contribution in [0.25, 0.3) is 0 Å². The monoisotopic (exact) mass is 359 g/mol. The minimum absolute atomic E-state index is 0.0732. The Labute approximate surface area is 138 Å². The van der Waals surface area contributed by atoms with Crippen LogP contribution in [0.5, 0.6) is 0 Å². The molecule has 2 aliphatic carbocycles. The Morgan fingerprint density at radius 3 is 2.73 bits per heavy atom. The van der Waals surface area contributed by atoms with Gasteiger partial charge in [-0.25, -0.2) is 0 Å². The molecule has 0 amide bonds. The summed E-state index contributed by atoms with van der Waals surface area (Å²) in [5.74, 6) is -1.83. The number of fused-ring (bicyclic) bond motifs is 2. The lowest BCUT2D eigenvalue weighted by atomic mass is 9.67. The second-order valence-corrected chi connectivity index (χ2v) is 7.09. The molecule has 1 fully saturated rings. The lowest BCUT2D eigenvalue weighted by Gasteiger charge is -2.37. The molecule has 4 nitrogen and oxygen atoms in total. The van der Waals surface area contributed by atoms with Crippen LogP contribution in [0.2, 0.25) is 0 Å². The van der Waals surface area contributed by atoms with Crippen molar-refractivity contribution in [3.8, 4) is 6.07 Å². The SMILES string of the molecule is CN(C)c1ccc([C@H]2[C@@H]3C=C[C@@H](C3)[C@@]2(C#N)C(=O)[O-])c(Br)c1. The molecule has 114 valence electrons. The molecule has 3 rings (SSSR count). The zero-order valence-electron chi connectivity index (χ0n) is 12.4. The Morgan fingerprint density at radius 2 is 2.18 bits per heavy atom. The minimum Gasteiger partial charge on any atom is -0.548 e. The molecule has 0 spiro atoms. The maximum atomic E-state index is 11.8. The number of anilines is 1. The summed E-state index contributed by atoms with van der Waals surface area (Å²) in [5.41, 5.74) is 0.417. The van der Waals surface area contributed by atoms with Crippen LogP contribution in [-0.4, -0.2) is 20.1 Å². The van der Waals surface area contributed by atoms with Crippen molar-refractivity contribution in [3.63, 3.8) is 0 Å². The molecule has 1 aromatic rings. The number of hydrogen-bond donors (Lipinski definition) is 0. The van der Waals surface area contributed by atoms with E-state index < -0.39 is 11.4 Å². The molecular weight excluding hydrogens is 344 g/mol. The molecule has 0 heterocycles. The summed E-state index contributed by atoms with van der Waals surface area (Å²) in [6, 6.07) is 7.91. The van der Waals surface area contributed by atoms with E-state index in [4.69, 9.17) is 0 Å². The van der Waals surface area contributed by atoms with Gasteiger partial charge in [-0.05, 0) is 30.0 Å². The van der Waals surface area contributed by atoms with Crippen LogP contribution in [0, 0.1) is 28.6 Å². The molecule has 1 aromatic carbocycles. The Morgan fingerprint density at radius 1 is 1.45 bits per heavy atom. The standard InChI is InChI=1S/C17H17BrN2O2/c1-20(2)12-5-6-13(14(18)8-12)15-10-3-4-11(7-10)17(15,9-19)16(21)22/h3-6,8,10-11,15H,7H2,1-2H3,(H,21,22)/p-1/t10-,11+,15-,17-/m1/s1. The van der Waals surface area contributed by atoms with Crippen LogP contribution in [0.4, 0.5) is 5.69 Å². The predicted octanol–water partition coefficient (Wildman–Crippen LogP) is 2.06. The van der Waals surface area contributed by atoms with Gasteiger partial charge >= 0.3 is 0 Å². The molecule has 0 radical (unpaired) electrons. The first kappa shape index (κ1) is 15.1. The van der Waals surface area contributed by atoms with E-state index >= 15 is 0 Å². The molecule has 2 aliphatic rings. The maximum absolute atomic E-state index is 11.8. The summed E-state index contributed by atoms with van der Waals surface area (Å²) in [5, 5.41) is 21.5. The quantitative estimate of drug-likeness (QED) is 0.774. The van der Waals surface area contributed by atoms with E-state index in [2.05, 4.69) is 22.0 Å². The van der Waals surface area contributed by atoms with Crippen LogP contribution < -0.4 is 10.0 Å². The van der Waals surface area contributed by atoms with Crippen molar-refractivity contribution in [1.29, 1.82) is 5.26 Å². The van der Waals surface area contributed by atoms with Gasteiger partial charge in [0.25, 0.3) is 0 Å². The first-order valence-corrected chi connectivity index (χ1v) is 7.99. The van der Waals surface area contributed by atoms with Crippen LogP contribution in [-0.2, 0) is 4.79 Å². The van der Waals surface area contributed by atoms with E-state index in [9.17, 15) is 15.2 Å². The molecule has 0 aliphatic heterocycles. The second kappa shape index (κ2) is 5.13. The highest BCUT2D eigenvalue weighted by Crippen LogP contribution is 2.61. The highest BCUT2D eigenvalue weighted by atomic mass is 79.9. The summed E-state index contributed by atoms with van der Waals surface area (Å²) in [6.45, 7) is 0. The molecule has 22 heavy (non-hydrogen) atoms. The Hall–Kier alpha value is -1.80. The van der Waals surface area contributed by atoms with Gasteiger partial charge in [0.2, 0.25) is 0 Å². The van der Waals surface area contributed by atoms with E-state index in [0.29, 0.717) is 6.42 Å². The molecule has 5 heteroatoms. The lowest BCUT2D eigenvalue weighted by Crippen LogP contribution is -2.48. The molecule has 1 saturated carbocycles. The predicted molar refractivity (Wildman–Crippen MR) is 85.0 cm³/mol. The topological polar surface area (TPSA) is 67.2 Å². The number of nitrogens with zero attached hydrogens (tertiary/aromatic N) is 2. The third-order valence-electron chi connectivity index (χ3n) is 4.98. The van der Waals surface area contributed by atoms with Crippen LogP contribution in [0.15, 0.2) is 34.8 Å². The van der Waals surface area contributed by atoms with Gasteiger partial charge in [-0.15, -0.1) is 0 Å². The van der Waals surface area contributed by atoms with E-state index in [0.717, 1.165) is 15.7 Å². The van der Waals surface area contributed by atoms with Gasteiger partial charge in [-0.1, -0.05) is 34.1 Å². The average molecular weight is 360 g/mol. The fourth-order valence-corrected chi connectivity index (χ4v) is 4.49. The molecule has 0 saturated heterocycles. The highest BCUT2D eigenvalue weighted by Gasteiger charge is 2.58. The number of allylic oxidation sites excluding steroid dienone is 2. The number of carbonyl (C=O) groups excluding carboxylic acids is 1. The fraction of sp³-hybridized carbons (Fsp3) is 0.412. The molecule has 0 aromatic heterocycles. The van der Waals surface area contributed by atoms with E-state index in [1.165, 1.54) is 0 Å². The average Bonchev–Trinajstić information content (AvgIpc) is 3.06. The van der Waals surface area contributed by atoms with Gasteiger partial charge < -0.3 is 14.8 Å². The molecule has 0 N–H and O–H groups in total. The van der Waals surface area contributed by atoms with E-state index in [1.54, 1.807) is 0 Å². The van der Waals surface area contributed by atoms with Gasteiger partial charge in [-0.3, -0.25) is 0 Å². The first-order valence-electron chi connectivity index (χ1n) is 7.19. The molecule has 0 unspecified atom stereocenters. The fourth-order valence-electron chi connectivity index (χ4n) is 3.88. The van der Waals surface area contributed by atoms with Gasteiger partial charge in [0.15, 0.2) is 0 Å². The summed E-state index contributed by atoms with van der Waals surface area (Å²) >= 11 is 3.55.